The number of amides is 1. The van der Waals surface area contributed by atoms with Crippen molar-refractivity contribution in [1.82, 2.24) is 4.90 Å². The Morgan fingerprint density at radius 1 is 1.00 bits per heavy atom. The van der Waals surface area contributed by atoms with Gasteiger partial charge in [-0.15, -0.1) is 0 Å². The number of hydrogen-bond donors (Lipinski definition) is 0. The first kappa shape index (κ1) is 25.9. The van der Waals surface area contributed by atoms with Gasteiger partial charge in [-0.05, 0) is 65.0 Å². The van der Waals surface area contributed by atoms with Crippen LogP contribution in [0.1, 0.15) is 67.4 Å². The van der Waals surface area contributed by atoms with Crippen LogP contribution in [0.15, 0.2) is 41.6 Å². The highest BCUT2D eigenvalue weighted by Crippen LogP contribution is 2.37. The molecule has 6 nitrogen and oxygen atoms in total. The molecule has 0 aliphatic carbocycles. The molecule has 1 aliphatic heterocycles. The summed E-state index contributed by atoms with van der Waals surface area (Å²) in [5, 5.41) is 0. The highest BCUT2D eigenvalue weighted by molar-refractivity contribution is 5.94. The molecule has 1 unspecified atom stereocenters. The molecule has 0 radical (unpaired) electrons. The van der Waals surface area contributed by atoms with Crippen molar-refractivity contribution in [1.29, 1.82) is 0 Å². The molecule has 1 aliphatic rings. The Morgan fingerprint density at radius 3 is 2.12 bits per heavy atom. The Morgan fingerprint density at radius 2 is 1.59 bits per heavy atom. The van der Waals surface area contributed by atoms with Crippen LogP contribution in [0.3, 0.4) is 0 Å². The second-order valence-electron chi connectivity index (χ2n) is 10.6. The molecule has 0 bridgehead atoms. The standard InChI is InChI=1S/C26H39NO5/c1-18(2)21-16-27(24(29)32-26(6,7)8)22(23(28)31-25(3,4)5)20(21)14-15-30-17-19-12-10-9-11-13-19/h9-13,18,21H,14-17H2,1-8H3. The average molecular weight is 446 g/mol. The van der Waals surface area contributed by atoms with Crippen molar-refractivity contribution in [3.8, 4) is 0 Å². The summed E-state index contributed by atoms with van der Waals surface area (Å²) < 4.78 is 17.2. The lowest BCUT2D eigenvalue weighted by Crippen LogP contribution is -2.39. The SMILES string of the molecule is CC(C)C1CN(C(=O)OC(C)(C)C)C(C(=O)OC(C)(C)C)=C1CCOCc1ccccc1. The molecule has 178 valence electrons. The molecular weight excluding hydrogens is 406 g/mol. The molecule has 1 aromatic rings. The maximum Gasteiger partial charge on any atom is 0.415 e. The quantitative estimate of drug-likeness (QED) is 0.397. The second-order valence-corrected chi connectivity index (χ2v) is 10.6. The van der Waals surface area contributed by atoms with E-state index in [0.717, 1.165) is 11.1 Å². The zero-order valence-corrected chi connectivity index (χ0v) is 20.9. The largest absolute Gasteiger partial charge is 0.455 e. The number of esters is 1. The van der Waals surface area contributed by atoms with Gasteiger partial charge in [0.1, 0.15) is 16.9 Å². The summed E-state index contributed by atoms with van der Waals surface area (Å²) in [5.74, 6) is -0.223. The predicted octanol–water partition coefficient (Wildman–Crippen LogP) is 5.71. The van der Waals surface area contributed by atoms with Crippen LogP contribution in [0.4, 0.5) is 4.79 Å². The van der Waals surface area contributed by atoms with E-state index in [2.05, 4.69) is 13.8 Å². The van der Waals surface area contributed by atoms with Gasteiger partial charge in [0.25, 0.3) is 0 Å². The highest BCUT2D eigenvalue weighted by atomic mass is 16.6. The molecule has 1 heterocycles. The molecule has 0 saturated heterocycles. The molecule has 0 aromatic heterocycles. The molecule has 0 spiro atoms. The Labute approximate surface area is 192 Å². The smallest absolute Gasteiger partial charge is 0.415 e. The predicted molar refractivity (Wildman–Crippen MR) is 125 cm³/mol. The normalized spacial score (nSPS) is 17.2. The van der Waals surface area contributed by atoms with E-state index in [-0.39, 0.29) is 11.8 Å². The van der Waals surface area contributed by atoms with Gasteiger partial charge < -0.3 is 14.2 Å². The minimum absolute atomic E-state index is 0.0327. The van der Waals surface area contributed by atoms with Crippen molar-refractivity contribution >= 4 is 12.1 Å². The summed E-state index contributed by atoms with van der Waals surface area (Å²) in [6, 6.07) is 9.96. The summed E-state index contributed by atoms with van der Waals surface area (Å²) >= 11 is 0. The first-order valence-electron chi connectivity index (χ1n) is 11.4. The molecule has 1 aromatic carbocycles. The Balaban J connectivity index is 2.29. The maximum atomic E-state index is 13.2. The van der Waals surface area contributed by atoms with Crippen LogP contribution < -0.4 is 0 Å². The average Bonchev–Trinajstić information content (AvgIpc) is 3.03. The lowest BCUT2D eigenvalue weighted by Gasteiger charge is -2.27. The van der Waals surface area contributed by atoms with E-state index in [1.807, 2.05) is 71.9 Å². The minimum Gasteiger partial charge on any atom is -0.455 e. The third kappa shape index (κ3) is 7.66. The van der Waals surface area contributed by atoms with Gasteiger partial charge in [0.05, 0.1) is 13.2 Å². The zero-order valence-electron chi connectivity index (χ0n) is 20.9. The van der Waals surface area contributed by atoms with Crippen molar-refractivity contribution in [3.63, 3.8) is 0 Å². The van der Waals surface area contributed by atoms with Crippen molar-refractivity contribution in [2.75, 3.05) is 13.2 Å². The van der Waals surface area contributed by atoms with Gasteiger partial charge >= 0.3 is 12.1 Å². The van der Waals surface area contributed by atoms with Gasteiger partial charge in [-0.2, -0.15) is 0 Å². The van der Waals surface area contributed by atoms with E-state index in [9.17, 15) is 9.59 Å². The molecule has 0 saturated carbocycles. The van der Waals surface area contributed by atoms with E-state index in [0.29, 0.717) is 31.9 Å². The maximum absolute atomic E-state index is 13.2. The highest BCUT2D eigenvalue weighted by Gasteiger charge is 2.42. The number of benzene rings is 1. The van der Waals surface area contributed by atoms with E-state index in [1.54, 1.807) is 0 Å². The fraction of sp³-hybridized carbons (Fsp3) is 0.615. The van der Waals surface area contributed by atoms with E-state index in [4.69, 9.17) is 14.2 Å². The third-order valence-corrected chi connectivity index (χ3v) is 5.04. The first-order valence-corrected chi connectivity index (χ1v) is 11.4. The van der Waals surface area contributed by atoms with Gasteiger partial charge in [-0.3, -0.25) is 4.90 Å². The minimum atomic E-state index is -0.672. The lowest BCUT2D eigenvalue weighted by molar-refractivity contribution is -0.151. The zero-order chi connectivity index (χ0) is 24.1. The van der Waals surface area contributed by atoms with Crippen molar-refractivity contribution in [2.24, 2.45) is 11.8 Å². The summed E-state index contributed by atoms with van der Waals surface area (Å²) in [7, 11) is 0. The summed E-state index contributed by atoms with van der Waals surface area (Å²) in [6.45, 7) is 16.4. The number of nitrogens with zero attached hydrogens (tertiary/aromatic N) is 1. The molecule has 0 N–H and O–H groups in total. The van der Waals surface area contributed by atoms with E-state index >= 15 is 0 Å². The van der Waals surface area contributed by atoms with Crippen LogP contribution in [0, 0.1) is 11.8 Å². The molecule has 1 amide bonds. The second kappa shape index (κ2) is 10.5. The van der Waals surface area contributed by atoms with Crippen molar-refractivity contribution in [3.05, 3.63) is 47.2 Å². The van der Waals surface area contributed by atoms with Crippen LogP contribution >= 0.6 is 0 Å². The summed E-state index contributed by atoms with van der Waals surface area (Å²) in [4.78, 5) is 27.7. The van der Waals surface area contributed by atoms with Crippen molar-refractivity contribution < 1.29 is 23.8 Å². The van der Waals surface area contributed by atoms with Crippen LogP contribution in [0.2, 0.25) is 0 Å². The lowest BCUT2D eigenvalue weighted by atomic mass is 9.88. The summed E-state index contributed by atoms with van der Waals surface area (Å²) in [5.41, 5.74) is 0.958. The van der Waals surface area contributed by atoms with Gasteiger partial charge in [0, 0.05) is 12.5 Å². The van der Waals surface area contributed by atoms with Gasteiger partial charge in [-0.25, -0.2) is 9.59 Å². The number of rotatable bonds is 7. The van der Waals surface area contributed by atoms with Gasteiger partial charge in [0.15, 0.2) is 0 Å². The number of ether oxygens (including phenoxy) is 3. The Bertz CT molecular complexity index is 815. The van der Waals surface area contributed by atoms with Crippen LogP contribution in [-0.4, -0.2) is 41.3 Å². The number of hydrogen-bond acceptors (Lipinski definition) is 5. The van der Waals surface area contributed by atoms with Gasteiger partial charge in [-0.1, -0.05) is 44.2 Å². The molecule has 32 heavy (non-hydrogen) atoms. The van der Waals surface area contributed by atoms with Crippen LogP contribution in [0.5, 0.6) is 0 Å². The first-order chi connectivity index (χ1) is 14.8. The molecule has 2 rings (SSSR count). The molecule has 6 heteroatoms. The third-order valence-electron chi connectivity index (χ3n) is 5.04. The number of carbonyl (C=O) groups excluding carboxylic acids is 2. The fourth-order valence-corrected chi connectivity index (χ4v) is 3.66. The molecule has 0 fully saturated rings. The Hall–Kier alpha value is -2.34. The Kier molecular flexibility index (Phi) is 8.52. The number of carbonyl (C=O) groups is 2. The van der Waals surface area contributed by atoms with Gasteiger partial charge in [0.2, 0.25) is 0 Å². The van der Waals surface area contributed by atoms with E-state index in [1.165, 1.54) is 4.90 Å². The summed E-state index contributed by atoms with van der Waals surface area (Å²) in [6.07, 6.45) is 0.0213. The molecule has 1 atom stereocenters. The monoisotopic (exact) mass is 445 g/mol. The fourth-order valence-electron chi connectivity index (χ4n) is 3.66. The van der Waals surface area contributed by atoms with Crippen LogP contribution in [0.25, 0.3) is 0 Å². The molecular formula is C26H39NO5. The van der Waals surface area contributed by atoms with E-state index < -0.39 is 23.3 Å². The van der Waals surface area contributed by atoms with Crippen molar-refractivity contribution in [2.45, 2.75) is 79.6 Å². The topological polar surface area (TPSA) is 65.1 Å². The van der Waals surface area contributed by atoms with Crippen LogP contribution in [-0.2, 0) is 25.6 Å².